The Bertz CT molecular complexity index is 1020. The van der Waals surface area contributed by atoms with Gasteiger partial charge in [0.1, 0.15) is 6.61 Å². The van der Waals surface area contributed by atoms with Crippen LogP contribution in [0, 0.1) is 0 Å². The molecule has 0 spiro atoms. The second-order valence-corrected chi connectivity index (χ2v) is 7.08. The SMILES string of the molecule is CCc1cccc2c(=O)cc(C(C)C)n(Cc3nnc4n3CCOC4)c12. The Labute approximate surface area is 152 Å². The summed E-state index contributed by atoms with van der Waals surface area (Å²) < 4.78 is 9.87. The third-order valence-corrected chi connectivity index (χ3v) is 5.11. The average molecular weight is 352 g/mol. The second-order valence-electron chi connectivity index (χ2n) is 7.08. The third-order valence-electron chi connectivity index (χ3n) is 5.11. The van der Waals surface area contributed by atoms with Crippen LogP contribution < -0.4 is 5.43 Å². The first-order chi connectivity index (χ1) is 12.6. The van der Waals surface area contributed by atoms with Gasteiger partial charge in [0.15, 0.2) is 17.1 Å². The van der Waals surface area contributed by atoms with Crippen LogP contribution in [0.15, 0.2) is 29.1 Å². The first-order valence-electron chi connectivity index (χ1n) is 9.24. The molecule has 0 saturated heterocycles. The van der Waals surface area contributed by atoms with Crippen molar-refractivity contribution in [3.63, 3.8) is 0 Å². The number of pyridine rings is 1. The fraction of sp³-hybridized carbons (Fsp3) is 0.450. The smallest absolute Gasteiger partial charge is 0.189 e. The Morgan fingerprint density at radius 1 is 1.27 bits per heavy atom. The standard InChI is InChI=1S/C20H24N4O2/c1-4-14-6-5-7-15-17(25)10-16(13(2)3)24(20(14)15)11-18-21-22-19-12-26-9-8-23(18)19/h5-7,10,13H,4,8-9,11-12H2,1-3H3. The van der Waals surface area contributed by atoms with Crippen LogP contribution in [0.1, 0.15) is 49.6 Å². The molecule has 6 nitrogen and oxygen atoms in total. The summed E-state index contributed by atoms with van der Waals surface area (Å²) in [7, 11) is 0. The highest BCUT2D eigenvalue weighted by molar-refractivity contribution is 5.82. The predicted octanol–water partition coefficient (Wildman–Crippen LogP) is 2.86. The number of ether oxygens (including phenoxy) is 1. The van der Waals surface area contributed by atoms with Gasteiger partial charge in [-0.15, -0.1) is 10.2 Å². The monoisotopic (exact) mass is 352 g/mol. The summed E-state index contributed by atoms with van der Waals surface area (Å²) in [4.78, 5) is 12.7. The van der Waals surface area contributed by atoms with Gasteiger partial charge in [-0.05, 0) is 24.0 Å². The maximum Gasteiger partial charge on any atom is 0.189 e. The summed E-state index contributed by atoms with van der Waals surface area (Å²) in [5.41, 5.74) is 3.33. The zero-order valence-corrected chi connectivity index (χ0v) is 15.5. The summed E-state index contributed by atoms with van der Waals surface area (Å²) >= 11 is 0. The molecule has 3 aromatic rings. The molecule has 0 atom stereocenters. The van der Waals surface area contributed by atoms with Gasteiger partial charge in [0, 0.05) is 23.7 Å². The molecular weight excluding hydrogens is 328 g/mol. The molecule has 1 aliphatic heterocycles. The fourth-order valence-electron chi connectivity index (χ4n) is 3.78. The Kier molecular flexibility index (Phi) is 4.36. The summed E-state index contributed by atoms with van der Waals surface area (Å²) in [5, 5.41) is 9.47. The van der Waals surface area contributed by atoms with E-state index in [9.17, 15) is 4.79 Å². The highest BCUT2D eigenvalue weighted by Gasteiger charge is 2.20. The van der Waals surface area contributed by atoms with Crippen LogP contribution in [0.2, 0.25) is 0 Å². The molecule has 0 saturated carbocycles. The van der Waals surface area contributed by atoms with Crippen LogP contribution >= 0.6 is 0 Å². The van der Waals surface area contributed by atoms with Crippen molar-refractivity contribution in [2.24, 2.45) is 0 Å². The van der Waals surface area contributed by atoms with Crippen molar-refractivity contribution in [2.75, 3.05) is 6.61 Å². The van der Waals surface area contributed by atoms with Crippen molar-refractivity contribution in [1.29, 1.82) is 0 Å². The molecule has 0 fully saturated rings. The zero-order valence-electron chi connectivity index (χ0n) is 15.5. The van der Waals surface area contributed by atoms with E-state index in [0.29, 0.717) is 19.8 Å². The van der Waals surface area contributed by atoms with Crippen molar-refractivity contribution in [2.45, 2.75) is 52.8 Å². The van der Waals surface area contributed by atoms with E-state index in [2.05, 4.69) is 46.2 Å². The molecule has 0 aliphatic carbocycles. The van der Waals surface area contributed by atoms with Gasteiger partial charge < -0.3 is 13.9 Å². The molecule has 136 valence electrons. The highest BCUT2D eigenvalue weighted by Crippen LogP contribution is 2.24. The summed E-state index contributed by atoms with van der Waals surface area (Å²) in [6.07, 6.45) is 0.879. The van der Waals surface area contributed by atoms with Gasteiger partial charge in [0.05, 0.1) is 18.7 Å². The first-order valence-corrected chi connectivity index (χ1v) is 9.24. The van der Waals surface area contributed by atoms with Crippen molar-refractivity contribution < 1.29 is 4.74 Å². The minimum atomic E-state index is 0.0897. The van der Waals surface area contributed by atoms with E-state index in [1.807, 2.05) is 12.1 Å². The molecule has 2 aromatic heterocycles. The molecule has 0 amide bonds. The number of hydrogen-bond donors (Lipinski definition) is 0. The summed E-state index contributed by atoms with van der Waals surface area (Å²) in [6, 6.07) is 7.78. The van der Waals surface area contributed by atoms with E-state index in [1.54, 1.807) is 6.07 Å². The maximum atomic E-state index is 12.7. The van der Waals surface area contributed by atoms with Crippen molar-refractivity contribution in [1.82, 2.24) is 19.3 Å². The fourth-order valence-corrected chi connectivity index (χ4v) is 3.78. The number of aryl methyl sites for hydroxylation is 1. The second kappa shape index (κ2) is 6.68. The third kappa shape index (κ3) is 2.74. The Balaban J connectivity index is 1.95. The first kappa shape index (κ1) is 17.0. The predicted molar refractivity (Wildman–Crippen MR) is 100 cm³/mol. The normalized spacial score (nSPS) is 14.2. The number of nitrogens with zero attached hydrogens (tertiary/aromatic N) is 4. The lowest BCUT2D eigenvalue weighted by Gasteiger charge is -2.22. The molecule has 26 heavy (non-hydrogen) atoms. The van der Waals surface area contributed by atoms with Crippen LogP contribution in [-0.2, 0) is 30.9 Å². The molecule has 0 unspecified atom stereocenters. The number of hydrogen-bond acceptors (Lipinski definition) is 4. The van der Waals surface area contributed by atoms with E-state index >= 15 is 0 Å². The van der Waals surface area contributed by atoms with Gasteiger partial charge in [0.25, 0.3) is 0 Å². The average Bonchev–Trinajstić information content (AvgIpc) is 3.06. The van der Waals surface area contributed by atoms with E-state index in [-0.39, 0.29) is 11.3 Å². The van der Waals surface area contributed by atoms with Crippen LogP contribution in [0.3, 0.4) is 0 Å². The van der Waals surface area contributed by atoms with Crippen LogP contribution in [-0.4, -0.2) is 25.9 Å². The molecular formula is C20H24N4O2. The van der Waals surface area contributed by atoms with Gasteiger partial charge in [-0.2, -0.15) is 0 Å². The van der Waals surface area contributed by atoms with Crippen LogP contribution in [0.4, 0.5) is 0 Å². The van der Waals surface area contributed by atoms with E-state index in [4.69, 9.17) is 4.74 Å². The Hall–Kier alpha value is -2.47. The van der Waals surface area contributed by atoms with E-state index in [0.717, 1.165) is 41.2 Å². The molecule has 0 bridgehead atoms. The van der Waals surface area contributed by atoms with Gasteiger partial charge in [-0.1, -0.05) is 32.9 Å². The van der Waals surface area contributed by atoms with Crippen LogP contribution in [0.25, 0.3) is 10.9 Å². The Morgan fingerprint density at radius 3 is 2.88 bits per heavy atom. The minimum absolute atomic E-state index is 0.0897. The number of aromatic nitrogens is 4. The summed E-state index contributed by atoms with van der Waals surface area (Å²) in [5.74, 6) is 2.03. The number of fused-ring (bicyclic) bond motifs is 2. The van der Waals surface area contributed by atoms with Crippen molar-refractivity contribution in [3.8, 4) is 0 Å². The van der Waals surface area contributed by atoms with Gasteiger partial charge in [0.2, 0.25) is 0 Å². The highest BCUT2D eigenvalue weighted by atomic mass is 16.5. The lowest BCUT2D eigenvalue weighted by molar-refractivity contribution is 0.0805. The van der Waals surface area contributed by atoms with Crippen LogP contribution in [0.5, 0.6) is 0 Å². The Morgan fingerprint density at radius 2 is 2.12 bits per heavy atom. The zero-order chi connectivity index (χ0) is 18.3. The lowest BCUT2D eigenvalue weighted by Crippen LogP contribution is -2.22. The minimum Gasteiger partial charge on any atom is -0.372 e. The number of para-hydroxylation sites is 1. The van der Waals surface area contributed by atoms with Gasteiger partial charge in [-0.3, -0.25) is 4.79 Å². The molecule has 0 N–H and O–H groups in total. The molecule has 3 heterocycles. The number of benzene rings is 1. The van der Waals surface area contributed by atoms with Crippen molar-refractivity contribution in [3.05, 3.63) is 57.4 Å². The van der Waals surface area contributed by atoms with Gasteiger partial charge in [-0.25, -0.2) is 0 Å². The maximum absolute atomic E-state index is 12.7. The molecule has 0 radical (unpaired) electrons. The van der Waals surface area contributed by atoms with Gasteiger partial charge >= 0.3 is 0 Å². The molecule has 6 heteroatoms. The molecule has 1 aromatic carbocycles. The molecule has 1 aliphatic rings. The largest absolute Gasteiger partial charge is 0.372 e. The molecule has 4 rings (SSSR count). The lowest BCUT2D eigenvalue weighted by atomic mass is 10.0. The van der Waals surface area contributed by atoms with Crippen molar-refractivity contribution >= 4 is 10.9 Å². The quantitative estimate of drug-likeness (QED) is 0.724. The van der Waals surface area contributed by atoms with E-state index in [1.165, 1.54) is 5.56 Å². The summed E-state index contributed by atoms with van der Waals surface area (Å²) in [6.45, 7) is 8.94. The topological polar surface area (TPSA) is 61.9 Å². The number of rotatable bonds is 4. The van der Waals surface area contributed by atoms with E-state index < -0.39 is 0 Å².